The van der Waals surface area contributed by atoms with Crippen LogP contribution in [0.4, 0.5) is 5.69 Å². The second-order valence-corrected chi connectivity index (χ2v) is 6.88. The first-order valence-corrected chi connectivity index (χ1v) is 8.69. The van der Waals surface area contributed by atoms with Crippen LogP contribution in [0.5, 0.6) is 5.75 Å². The van der Waals surface area contributed by atoms with E-state index in [-0.39, 0.29) is 17.0 Å². The number of halogens is 1. The first kappa shape index (κ1) is 16.7. The number of anilines is 1. The molecule has 132 valence electrons. The number of amides is 1. The minimum Gasteiger partial charge on any atom is -0.495 e. The van der Waals surface area contributed by atoms with E-state index in [2.05, 4.69) is 12.2 Å². The fourth-order valence-electron chi connectivity index (χ4n) is 3.55. The van der Waals surface area contributed by atoms with Crippen molar-refractivity contribution in [3.63, 3.8) is 0 Å². The molecule has 0 bridgehead atoms. The van der Waals surface area contributed by atoms with E-state index in [1.54, 1.807) is 30.5 Å². The molecule has 1 unspecified atom stereocenters. The Morgan fingerprint density at radius 3 is 2.88 bits per heavy atom. The summed E-state index contributed by atoms with van der Waals surface area (Å²) in [5.74, 6) is -0.00504. The van der Waals surface area contributed by atoms with Crippen molar-refractivity contribution >= 4 is 34.1 Å². The number of carbonyl (C=O) groups excluding carboxylic acids is 1. The van der Waals surface area contributed by atoms with Gasteiger partial charge in [-0.05, 0) is 43.2 Å². The van der Waals surface area contributed by atoms with Crippen molar-refractivity contribution in [1.29, 1.82) is 0 Å². The fraction of sp³-hybridized carbons (Fsp3) is 0.200. The van der Waals surface area contributed by atoms with Crippen molar-refractivity contribution in [1.82, 2.24) is 4.57 Å². The summed E-state index contributed by atoms with van der Waals surface area (Å²) in [6.07, 6.45) is 2.50. The Labute approximate surface area is 155 Å². The van der Waals surface area contributed by atoms with Crippen molar-refractivity contribution < 1.29 is 9.53 Å². The average molecular weight is 369 g/mol. The molecule has 0 saturated carbocycles. The Morgan fingerprint density at radius 2 is 2.12 bits per heavy atom. The zero-order valence-corrected chi connectivity index (χ0v) is 15.1. The van der Waals surface area contributed by atoms with Crippen LogP contribution in [-0.2, 0) is 6.42 Å². The van der Waals surface area contributed by atoms with Crippen molar-refractivity contribution in [3.05, 3.63) is 69.0 Å². The van der Waals surface area contributed by atoms with Gasteiger partial charge in [0.1, 0.15) is 11.3 Å². The van der Waals surface area contributed by atoms with Gasteiger partial charge in [0.2, 0.25) is 5.43 Å². The second kappa shape index (κ2) is 6.18. The summed E-state index contributed by atoms with van der Waals surface area (Å²) in [5.41, 5.74) is 2.31. The largest absolute Gasteiger partial charge is 0.495 e. The molecule has 1 N–H and O–H groups in total. The Bertz CT molecular complexity index is 1100. The molecule has 1 aliphatic heterocycles. The summed E-state index contributed by atoms with van der Waals surface area (Å²) in [6.45, 7) is 2.07. The standard InChI is InChI=1S/C20H17ClN2O3/c1-11-8-12-4-3-5-14-18(12)23(11)10-15(19(14)24)20(25)22-16-9-13(21)6-7-17(16)26-2/h3-7,9-11H,8H2,1-2H3,(H,22,25). The van der Waals surface area contributed by atoms with E-state index in [4.69, 9.17) is 16.3 Å². The highest BCUT2D eigenvalue weighted by Gasteiger charge is 2.24. The highest BCUT2D eigenvalue weighted by molar-refractivity contribution is 6.31. The van der Waals surface area contributed by atoms with Gasteiger partial charge in [0.25, 0.3) is 5.91 Å². The van der Waals surface area contributed by atoms with Crippen LogP contribution in [0.15, 0.2) is 47.4 Å². The summed E-state index contributed by atoms with van der Waals surface area (Å²) >= 11 is 6.01. The highest BCUT2D eigenvalue weighted by Crippen LogP contribution is 2.32. The van der Waals surface area contributed by atoms with Crippen molar-refractivity contribution in [3.8, 4) is 5.75 Å². The molecule has 1 amide bonds. The van der Waals surface area contributed by atoms with Gasteiger partial charge in [0, 0.05) is 22.6 Å². The van der Waals surface area contributed by atoms with Gasteiger partial charge in [0.15, 0.2) is 0 Å². The van der Waals surface area contributed by atoms with Gasteiger partial charge in [-0.3, -0.25) is 9.59 Å². The molecule has 5 nitrogen and oxygen atoms in total. The molecule has 1 aromatic heterocycles. The summed E-state index contributed by atoms with van der Waals surface area (Å²) in [4.78, 5) is 25.7. The topological polar surface area (TPSA) is 60.3 Å². The van der Waals surface area contributed by atoms with E-state index in [1.165, 1.54) is 7.11 Å². The number of carbonyl (C=O) groups is 1. The van der Waals surface area contributed by atoms with E-state index in [1.807, 2.05) is 16.7 Å². The Morgan fingerprint density at radius 1 is 1.31 bits per heavy atom. The number of pyridine rings is 1. The van der Waals surface area contributed by atoms with E-state index in [0.717, 1.165) is 17.5 Å². The molecule has 1 atom stereocenters. The molecular formula is C20H17ClN2O3. The lowest BCUT2D eigenvalue weighted by atomic mass is 10.1. The number of hydrogen-bond acceptors (Lipinski definition) is 3. The molecule has 0 fully saturated rings. The average Bonchev–Trinajstić information content (AvgIpc) is 2.94. The lowest BCUT2D eigenvalue weighted by Gasteiger charge is -2.14. The van der Waals surface area contributed by atoms with Crippen LogP contribution in [0.1, 0.15) is 28.9 Å². The molecule has 0 saturated heterocycles. The molecule has 0 aliphatic carbocycles. The molecule has 2 aromatic carbocycles. The molecule has 26 heavy (non-hydrogen) atoms. The number of hydrogen-bond donors (Lipinski definition) is 1. The number of aromatic nitrogens is 1. The van der Waals surface area contributed by atoms with Crippen molar-refractivity contribution in [2.24, 2.45) is 0 Å². The SMILES string of the molecule is COc1ccc(Cl)cc1NC(=O)c1cn2c3c(cccc3c1=O)CC2C. The third-order valence-corrected chi connectivity index (χ3v) is 5.01. The third-order valence-electron chi connectivity index (χ3n) is 4.78. The molecule has 0 radical (unpaired) electrons. The maximum Gasteiger partial charge on any atom is 0.261 e. The maximum absolute atomic E-state index is 12.9. The molecule has 3 aromatic rings. The van der Waals surface area contributed by atoms with Gasteiger partial charge in [-0.25, -0.2) is 0 Å². The lowest BCUT2D eigenvalue weighted by molar-refractivity contribution is 0.102. The predicted octanol–water partition coefficient (Wildman–Crippen LogP) is 4.03. The number of nitrogens with zero attached hydrogens (tertiary/aromatic N) is 1. The van der Waals surface area contributed by atoms with E-state index in [9.17, 15) is 9.59 Å². The molecule has 2 heterocycles. The Balaban J connectivity index is 1.81. The monoisotopic (exact) mass is 368 g/mol. The number of rotatable bonds is 3. The first-order chi connectivity index (χ1) is 12.5. The van der Waals surface area contributed by atoms with Crippen LogP contribution in [0.2, 0.25) is 5.02 Å². The molecule has 0 spiro atoms. The lowest BCUT2D eigenvalue weighted by Crippen LogP contribution is -2.24. The maximum atomic E-state index is 12.9. The first-order valence-electron chi connectivity index (χ1n) is 8.31. The third kappa shape index (κ3) is 2.56. The van der Waals surface area contributed by atoms with Crippen molar-refractivity contribution in [2.75, 3.05) is 12.4 Å². The van der Waals surface area contributed by atoms with Gasteiger partial charge in [-0.1, -0.05) is 23.7 Å². The van der Waals surface area contributed by atoms with Crippen LogP contribution >= 0.6 is 11.6 Å². The Kier molecular flexibility index (Phi) is 3.96. The quantitative estimate of drug-likeness (QED) is 0.759. The summed E-state index contributed by atoms with van der Waals surface area (Å²) in [6, 6.07) is 10.8. The number of benzene rings is 2. The van der Waals surface area contributed by atoms with Crippen LogP contribution in [0, 0.1) is 0 Å². The summed E-state index contributed by atoms with van der Waals surface area (Å²) in [5, 5.41) is 3.78. The zero-order valence-electron chi connectivity index (χ0n) is 14.4. The van der Waals surface area contributed by atoms with Crippen LogP contribution in [0.3, 0.4) is 0 Å². The Hall–Kier alpha value is -2.79. The van der Waals surface area contributed by atoms with E-state index in [0.29, 0.717) is 21.8 Å². The highest BCUT2D eigenvalue weighted by atomic mass is 35.5. The minimum absolute atomic E-state index is 0.102. The fourth-order valence-corrected chi connectivity index (χ4v) is 3.72. The van der Waals surface area contributed by atoms with Gasteiger partial charge in [-0.2, -0.15) is 0 Å². The number of ether oxygens (including phenoxy) is 1. The van der Waals surface area contributed by atoms with Gasteiger partial charge < -0.3 is 14.6 Å². The summed E-state index contributed by atoms with van der Waals surface area (Å²) < 4.78 is 7.26. The second-order valence-electron chi connectivity index (χ2n) is 6.44. The van der Waals surface area contributed by atoms with Gasteiger partial charge in [0.05, 0.1) is 18.3 Å². The molecule has 1 aliphatic rings. The van der Waals surface area contributed by atoms with E-state index >= 15 is 0 Å². The van der Waals surface area contributed by atoms with Crippen LogP contribution in [0.25, 0.3) is 10.9 Å². The smallest absolute Gasteiger partial charge is 0.261 e. The molecule has 6 heteroatoms. The van der Waals surface area contributed by atoms with Crippen molar-refractivity contribution in [2.45, 2.75) is 19.4 Å². The number of nitrogens with one attached hydrogen (secondary N) is 1. The molecular weight excluding hydrogens is 352 g/mol. The van der Waals surface area contributed by atoms with Crippen LogP contribution in [-0.4, -0.2) is 17.6 Å². The van der Waals surface area contributed by atoms with Gasteiger partial charge >= 0.3 is 0 Å². The predicted molar refractivity (Wildman–Crippen MR) is 103 cm³/mol. The molecule has 4 rings (SSSR count). The zero-order chi connectivity index (χ0) is 18.4. The number of methoxy groups -OCH3 is 1. The minimum atomic E-state index is -0.481. The summed E-state index contributed by atoms with van der Waals surface area (Å²) in [7, 11) is 1.51. The number of para-hydroxylation sites is 1. The normalized spacial score (nSPS) is 15.3. The van der Waals surface area contributed by atoms with Crippen LogP contribution < -0.4 is 15.5 Å². The van der Waals surface area contributed by atoms with E-state index < -0.39 is 5.91 Å². The van der Waals surface area contributed by atoms with Gasteiger partial charge in [-0.15, -0.1) is 0 Å².